The van der Waals surface area contributed by atoms with Crippen molar-refractivity contribution in [2.45, 2.75) is 25.9 Å². The Hall–Kier alpha value is -2.44. The smallest absolute Gasteiger partial charge is 0.302 e. The average molecular weight is 288 g/mol. The number of rotatable bonds is 4. The van der Waals surface area contributed by atoms with E-state index in [2.05, 4.69) is 10.3 Å². The molecule has 1 fully saturated rings. The third-order valence-electron chi connectivity index (χ3n) is 3.59. The maximum absolute atomic E-state index is 12.0. The topological polar surface area (TPSA) is 77.3 Å². The van der Waals surface area contributed by atoms with Gasteiger partial charge in [-0.15, -0.1) is 5.10 Å². The zero-order valence-electron chi connectivity index (χ0n) is 11.7. The van der Waals surface area contributed by atoms with E-state index in [0.29, 0.717) is 19.4 Å². The number of amides is 1. The highest BCUT2D eigenvalue weighted by atomic mass is 16.5. The number of carbonyl (C=O) groups excluding carboxylic acids is 2. The summed E-state index contributed by atoms with van der Waals surface area (Å²) in [7, 11) is 0. The molecule has 0 aliphatic carbocycles. The minimum atomic E-state index is -0.343. The first kappa shape index (κ1) is 13.5. The summed E-state index contributed by atoms with van der Waals surface area (Å²) in [6.45, 7) is 1.93. The van der Waals surface area contributed by atoms with Gasteiger partial charge >= 0.3 is 5.97 Å². The Bertz CT molecular complexity index is 682. The van der Waals surface area contributed by atoms with Gasteiger partial charge in [0, 0.05) is 13.3 Å². The molecule has 2 aromatic rings. The van der Waals surface area contributed by atoms with Crippen molar-refractivity contribution in [2.75, 3.05) is 13.2 Å². The molecule has 1 unspecified atom stereocenters. The fourth-order valence-electron chi connectivity index (χ4n) is 2.64. The van der Waals surface area contributed by atoms with E-state index in [1.54, 1.807) is 9.58 Å². The minimum absolute atomic E-state index is 0.0479. The van der Waals surface area contributed by atoms with Crippen molar-refractivity contribution in [2.24, 2.45) is 0 Å². The summed E-state index contributed by atoms with van der Waals surface area (Å²) >= 11 is 0. The highest BCUT2D eigenvalue weighted by molar-refractivity contribution is 5.79. The lowest BCUT2D eigenvalue weighted by Gasteiger charge is -2.24. The van der Waals surface area contributed by atoms with Crippen molar-refractivity contribution in [3.05, 3.63) is 24.3 Å². The predicted molar refractivity (Wildman–Crippen MR) is 74.1 cm³/mol. The van der Waals surface area contributed by atoms with Crippen molar-refractivity contribution in [3.63, 3.8) is 0 Å². The fraction of sp³-hybridized carbons (Fsp3) is 0.429. The average Bonchev–Trinajstić information content (AvgIpc) is 3.03. The third-order valence-corrected chi connectivity index (χ3v) is 3.59. The SMILES string of the molecule is CC(=O)OCCN1C(=O)CCC1n1nnc2ccccc21. The van der Waals surface area contributed by atoms with Crippen molar-refractivity contribution < 1.29 is 14.3 Å². The van der Waals surface area contributed by atoms with Crippen molar-refractivity contribution in [1.82, 2.24) is 19.9 Å². The first-order valence-electron chi connectivity index (χ1n) is 6.89. The number of aromatic nitrogens is 3. The van der Waals surface area contributed by atoms with Crippen LogP contribution < -0.4 is 0 Å². The van der Waals surface area contributed by atoms with Gasteiger partial charge in [-0.25, -0.2) is 4.68 Å². The molecule has 1 aliphatic heterocycles. The van der Waals surface area contributed by atoms with Crippen LogP contribution in [0.1, 0.15) is 25.9 Å². The van der Waals surface area contributed by atoms with Crippen LogP contribution in [0.15, 0.2) is 24.3 Å². The van der Waals surface area contributed by atoms with Gasteiger partial charge in [0.25, 0.3) is 0 Å². The van der Waals surface area contributed by atoms with E-state index in [4.69, 9.17) is 4.74 Å². The van der Waals surface area contributed by atoms with E-state index < -0.39 is 0 Å². The molecule has 7 nitrogen and oxygen atoms in total. The standard InChI is InChI=1S/C14H16N4O3/c1-10(19)21-9-8-17-13(6-7-14(17)20)18-12-5-3-2-4-11(12)15-16-18/h2-5,13H,6-9H2,1H3. The summed E-state index contributed by atoms with van der Waals surface area (Å²) < 4.78 is 6.70. The Morgan fingerprint density at radius 2 is 2.24 bits per heavy atom. The molecule has 7 heteroatoms. The van der Waals surface area contributed by atoms with Crippen molar-refractivity contribution >= 4 is 22.9 Å². The largest absolute Gasteiger partial charge is 0.464 e. The Kier molecular flexibility index (Phi) is 3.55. The first-order valence-corrected chi connectivity index (χ1v) is 6.89. The van der Waals surface area contributed by atoms with Gasteiger partial charge in [0.1, 0.15) is 18.3 Å². The Balaban J connectivity index is 1.82. The molecule has 1 amide bonds. The molecule has 0 spiro atoms. The van der Waals surface area contributed by atoms with Crippen LogP contribution in [0.2, 0.25) is 0 Å². The zero-order chi connectivity index (χ0) is 14.8. The molecule has 110 valence electrons. The molecule has 1 aliphatic rings. The summed E-state index contributed by atoms with van der Waals surface area (Å²) in [5, 5.41) is 8.29. The molecule has 2 heterocycles. The van der Waals surface area contributed by atoms with Gasteiger partial charge in [-0.3, -0.25) is 9.59 Å². The van der Waals surface area contributed by atoms with E-state index in [9.17, 15) is 9.59 Å². The molecular weight excluding hydrogens is 272 g/mol. The van der Waals surface area contributed by atoms with Crippen LogP contribution in [0, 0.1) is 0 Å². The van der Waals surface area contributed by atoms with Gasteiger partial charge in [0.15, 0.2) is 0 Å². The molecule has 21 heavy (non-hydrogen) atoms. The highest BCUT2D eigenvalue weighted by Crippen LogP contribution is 2.29. The fourth-order valence-corrected chi connectivity index (χ4v) is 2.64. The van der Waals surface area contributed by atoms with Gasteiger partial charge in [-0.1, -0.05) is 17.3 Å². The van der Waals surface area contributed by atoms with E-state index in [0.717, 1.165) is 11.0 Å². The van der Waals surface area contributed by atoms with Gasteiger partial charge in [-0.05, 0) is 18.6 Å². The molecule has 3 rings (SSSR count). The van der Waals surface area contributed by atoms with Crippen LogP contribution in [0.4, 0.5) is 0 Å². The van der Waals surface area contributed by atoms with Gasteiger partial charge in [-0.2, -0.15) is 0 Å². The minimum Gasteiger partial charge on any atom is -0.464 e. The van der Waals surface area contributed by atoms with Gasteiger partial charge in [0.05, 0.1) is 12.1 Å². The summed E-state index contributed by atoms with van der Waals surface area (Å²) in [4.78, 5) is 24.5. The Morgan fingerprint density at radius 3 is 3.05 bits per heavy atom. The second-order valence-electron chi connectivity index (χ2n) is 4.97. The van der Waals surface area contributed by atoms with Gasteiger partial charge in [0.2, 0.25) is 5.91 Å². The van der Waals surface area contributed by atoms with Crippen LogP contribution in [0.5, 0.6) is 0 Å². The lowest BCUT2D eigenvalue weighted by Crippen LogP contribution is -2.34. The van der Waals surface area contributed by atoms with Gasteiger partial charge < -0.3 is 9.64 Å². The molecule has 0 radical (unpaired) electrons. The summed E-state index contributed by atoms with van der Waals surface area (Å²) in [6, 6.07) is 7.64. The summed E-state index contributed by atoms with van der Waals surface area (Å²) in [5.41, 5.74) is 1.70. The van der Waals surface area contributed by atoms with Crippen LogP contribution in [0.25, 0.3) is 11.0 Å². The second-order valence-corrected chi connectivity index (χ2v) is 4.97. The number of para-hydroxylation sites is 1. The van der Waals surface area contributed by atoms with Crippen LogP contribution in [-0.2, 0) is 14.3 Å². The maximum atomic E-state index is 12.0. The Labute approximate surface area is 121 Å². The van der Waals surface area contributed by atoms with E-state index in [-0.39, 0.29) is 24.6 Å². The molecule has 0 bridgehead atoms. The molecular formula is C14H16N4O3. The number of carbonyl (C=O) groups is 2. The number of likely N-dealkylation sites (tertiary alicyclic amines) is 1. The zero-order valence-corrected chi connectivity index (χ0v) is 11.7. The number of benzene rings is 1. The molecule has 1 aromatic carbocycles. The Morgan fingerprint density at radius 1 is 1.43 bits per heavy atom. The number of hydrogen-bond donors (Lipinski definition) is 0. The summed E-state index contributed by atoms with van der Waals surface area (Å²) in [6.07, 6.45) is 0.992. The molecule has 1 saturated heterocycles. The summed E-state index contributed by atoms with van der Waals surface area (Å²) in [5.74, 6) is -0.295. The maximum Gasteiger partial charge on any atom is 0.302 e. The molecule has 1 atom stereocenters. The number of esters is 1. The molecule has 1 aromatic heterocycles. The normalized spacial score (nSPS) is 18.4. The second kappa shape index (κ2) is 5.51. The number of nitrogens with zero attached hydrogens (tertiary/aromatic N) is 4. The van der Waals surface area contributed by atoms with Crippen LogP contribution >= 0.6 is 0 Å². The molecule has 0 N–H and O–H groups in total. The number of ether oxygens (including phenoxy) is 1. The van der Waals surface area contributed by atoms with Crippen molar-refractivity contribution in [3.8, 4) is 0 Å². The van der Waals surface area contributed by atoms with E-state index >= 15 is 0 Å². The predicted octanol–water partition coefficient (Wildman–Crippen LogP) is 1.12. The van der Waals surface area contributed by atoms with Crippen LogP contribution in [-0.4, -0.2) is 44.9 Å². The van der Waals surface area contributed by atoms with Crippen LogP contribution in [0.3, 0.4) is 0 Å². The van der Waals surface area contributed by atoms with E-state index in [1.165, 1.54) is 6.92 Å². The monoisotopic (exact) mass is 288 g/mol. The highest BCUT2D eigenvalue weighted by Gasteiger charge is 2.33. The quantitative estimate of drug-likeness (QED) is 0.788. The number of fused-ring (bicyclic) bond motifs is 1. The lowest BCUT2D eigenvalue weighted by atomic mass is 10.3. The lowest BCUT2D eigenvalue weighted by molar-refractivity contribution is -0.143. The van der Waals surface area contributed by atoms with Crippen molar-refractivity contribution in [1.29, 1.82) is 0 Å². The number of hydrogen-bond acceptors (Lipinski definition) is 5. The first-order chi connectivity index (χ1) is 10.2. The van der Waals surface area contributed by atoms with E-state index in [1.807, 2.05) is 24.3 Å². The third kappa shape index (κ3) is 2.58. The molecule has 0 saturated carbocycles.